The Balaban J connectivity index is 1.27. The molecule has 0 saturated carbocycles. The third-order valence-corrected chi connectivity index (χ3v) is 8.82. The van der Waals surface area contributed by atoms with Crippen LogP contribution in [0.15, 0.2) is 58.3 Å². The van der Waals surface area contributed by atoms with Gasteiger partial charge in [-0.3, -0.25) is 19.3 Å². The Morgan fingerprint density at radius 1 is 1.03 bits per heavy atom. The van der Waals surface area contributed by atoms with Gasteiger partial charge in [-0.2, -0.15) is 4.31 Å². The number of hydrogen-bond acceptors (Lipinski definition) is 6. The molecule has 0 bridgehead atoms. The second-order valence-corrected chi connectivity index (χ2v) is 11.2. The molecule has 2 aliphatic rings. The third kappa shape index (κ3) is 5.50. The molecule has 2 aromatic carbocycles. The van der Waals surface area contributed by atoms with Gasteiger partial charge < -0.3 is 5.32 Å². The molecular formula is C24H23F2N3O5S2. The molecule has 0 unspecified atom stereocenters. The van der Waals surface area contributed by atoms with E-state index in [4.69, 9.17) is 0 Å². The fourth-order valence-corrected chi connectivity index (χ4v) is 6.40. The zero-order valence-corrected chi connectivity index (χ0v) is 20.7. The predicted molar refractivity (Wildman–Crippen MR) is 130 cm³/mol. The van der Waals surface area contributed by atoms with Gasteiger partial charge in [-0.25, -0.2) is 17.2 Å². The lowest BCUT2D eigenvalue weighted by atomic mass is 9.97. The first kappa shape index (κ1) is 26.0. The molecule has 2 fully saturated rings. The van der Waals surface area contributed by atoms with Gasteiger partial charge in [-0.05, 0) is 48.9 Å². The molecule has 3 amide bonds. The van der Waals surface area contributed by atoms with E-state index in [1.165, 1.54) is 42.5 Å². The average molecular weight is 536 g/mol. The summed E-state index contributed by atoms with van der Waals surface area (Å²) >= 11 is 0.704. The Morgan fingerprint density at radius 2 is 1.67 bits per heavy atom. The lowest BCUT2D eigenvalue weighted by Gasteiger charge is -2.30. The van der Waals surface area contributed by atoms with Crippen LogP contribution in [0.2, 0.25) is 0 Å². The number of sulfonamides is 1. The number of imide groups is 1. The van der Waals surface area contributed by atoms with Gasteiger partial charge in [0.25, 0.3) is 11.1 Å². The highest BCUT2D eigenvalue weighted by molar-refractivity contribution is 8.18. The van der Waals surface area contributed by atoms with Crippen molar-refractivity contribution >= 4 is 44.9 Å². The number of halogens is 2. The first-order valence-corrected chi connectivity index (χ1v) is 13.5. The first-order valence-electron chi connectivity index (χ1n) is 11.2. The predicted octanol–water partition coefficient (Wildman–Crippen LogP) is 3.22. The van der Waals surface area contributed by atoms with Crippen molar-refractivity contribution in [2.75, 3.05) is 26.2 Å². The maximum absolute atomic E-state index is 14.0. The van der Waals surface area contributed by atoms with Crippen LogP contribution in [0, 0.1) is 17.6 Å². The van der Waals surface area contributed by atoms with Gasteiger partial charge in [0.05, 0.1) is 4.91 Å². The summed E-state index contributed by atoms with van der Waals surface area (Å²) < 4.78 is 54.4. The van der Waals surface area contributed by atoms with Crippen LogP contribution in [0.1, 0.15) is 18.4 Å². The van der Waals surface area contributed by atoms with Crippen molar-refractivity contribution < 1.29 is 31.6 Å². The van der Waals surface area contributed by atoms with Gasteiger partial charge in [0.1, 0.15) is 16.5 Å². The standard InChI is InChI=1S/C24H23F2N3O5S2/c25-18-6-2-1-5-17(18)15-20-23(31)29(24(32)35-20)14-11-27-22(30)16-9-12-28(13-10-16)36(33,34)21-8-4-3-7-19(21)26/h1-8,15-16H,9-14H2,(H,27,30)/b20-15+. The minimum absolute atomic E-state index is 0.0254. The van der Waals surface area contributed by atoms with Crippen LogP contribution < -0.4 is 5.32 Å². The van der Waals surface area contributed by atoms with Crippen molar-refractivity contribution in [2.24, 2.45) is 5.92 Å². The lowest BCUT2D eigenvalue weighted by Crippen LogP contribution is -2.44. The minimum atomic E-state index is -4.00. The summed E-state index contributed by atoms with van der Waals surface area (Å²) in [6.45, 7) is 0.112. The number of hydrogen-bond donors (Lipinski definition) is 1. The molecule has 1 N–H and O–H groups in total. The fraction of sp³-hybridized carbons (Fsp3) is 0.292. The largest absolute Gasteiger partial charge is 0.354 e. The molecule has 0 aromatic heterocycles. The van der Waals surface area contributed by atoms with Gasteiger partial charge in [0.2, 0.25) is 15.9 Å². The maximum Gasteiger partial charge on any atom is 0.293 e. The van der Waals surface area contributed by atoms with Gasteiger partial charge in [-0.1, -0.05) is 30.3 Å². The summed E-state index contributed by atoms with van der Waals surface area (Å²) in [5, 5.41) is 2.18. The Kier molecular flexibility index (Phi) is 7.86. The summed E-state index contributed by atoms with van der Waals surface area (Å²) in [5.41, 5.74) is 0.194. The van der Waals surface area contributed by atoms with Crippen LogP contribution in [0.4, 0.5) is 13.6 Å². The van der Waals surface area contributed by atoms with Crippen LogP contribution >= 0.6 is 11.8 Å². The molecule has 0 spiro atoms. The number of carbonyl (C=O) groups excluding carboxylic acids is 3. The molecule has 2 aliphatic heterocycles. The Hall–Kier alpha value is -3.09. The van der Waals surface area contributed by atoms with Crippen LogP contribution in [0.25, 0.3) is 6.08 Å². The van der Waals surface area contributed by atoms with Crippen molar-refractivity contribution in [1.82, 2.24) is 14.5 Å². The molecule has 2 heterocycles. The molecule has 12 heteroatoms. The molecule has 8 nitrogen and oxygen atoms in total. The van der Waals surface area contributed by atoms with E-state index in [-0.39, 0.29) is 55.4 Å². The van der Waals surface area contributed by atoms with E-state index >= 15 is 0 Å². The first-order chi connectivity index (χ1) is 17.2. The molecule has 0 atom stereocenters. The molecule has 0 radical (unpaired) electrons. The topological polar surface area (TPSA) is 104 Å². The molecule has 0 aliphatic carbocycles. The van der Waals surface area contributed by atoms with E-state index in [2.05, 4.69) is 5.32 Å². The molecule has 2 aromatic rings. The number of thioether (sulfide) groups is 1. The van der Waals surface area contributed by atoms with E-state index in [1.54, 1.807) is 6.07 Å². The quantitative estimate of drug-likeness (QED) is 0.546. The summed E-state index contributed by atoms with van der Waals surface area (Å²) in [6, 6.07) is 11.0. The van der Waals surface area contributed by atoms with Crippen LogP contribution in [-0.2, 0) is 19.6 Å². The Bertz CT molecular complexity index is 1320. The zero-order chi connectivity index (χ0) is 25.9. The zero-order valence-electron chi connectivity index (χ0n) is 19.0. The maximum atomic E-state index is 14.0. The second-order valence-electron chi connectivity index (χ2n) is 8.25. The number of nitrogens with one attached hydrogen (secondary N) is 1. The number of rotatable bonds is 7. The number of amides is 3. The van der Waals surface area contributed by atoms with Crippen LogP contribution in [0.5, 0.6) is 0 Å². The summed E-state index contributed by atoms with van der Waals surface area (Å²) in [6.07, 6.45) is 1.83. The van der Waals surface area contributed by atoms with E-state index in [0.717, 1.165) is 15.3 Å². The van der Waals surface area contributed by atoms with Crippen molar-refractivity contribution in [2.45, 2.75) is 17.7 Å². The van der Waals surface area contributed by atoms with Crippen LogP contribution in [-0.4, -0.2) is 60.9 Å². The number of benzene rings is 2. The monoisotopic (exact) mass is 535 g/mol. The highest BCUT2D eigenvalue weighted by Crippen LogP contribution is 2.32. The average Bonchev–Trinajstić information content (AvgIpc) is 3.13. The van der Waals surface area contributed by atoms with E-state index in [9.17, 15) is 31.6 Å². The molecule has 2 saturated heterocycles. The smallest absolute Gasteiger partial charge is 0.293 e. The van der Waals surface area contributed by atoms with Gasteiger partial charge in [-0.15, -0.1) is 0 Å². The third-order valence-electron chi connectivity index (χ3n) is 5.98. The molecular weight excluding hydrogens is 512 g/mol. The second kappa shape index (κ2) is 10.9. The van der Waals surface area contributed by atoms with Crippen molar-refractivity contribution in [3.05, 3.63) is 70.6 Å². The van der Waals surface area contributed by atoms with E-state index in [0.29, 0.717) is 11.8 Å². The molecule has 190 valence electrons. The Morgan fingerprint density at radius 3 is 2.33 bits per heavy atom. The number of nitrogens with zero attached hydrogens (tertiary/aromatic N) is 2. The van der Waals surface area contributed by atoms with E-state index in [1.807, 2.05) is 0 Å². The minimum Gasteiger partial charge on any atom is -0.354 e. The number of piperidine rings is 1. The molecule has 4 rings (SSSR count). The van der Waals surface area contributed by atoms with Crippen molar-refractivity contribution in [1.29, 1.82) is 0 Å². The highest BCUT2D eigenvalue weighted by atomic mass is 32.2. The number of carbonyl (C=O) groups is 3. The fourth-order valence-electron chi connectivity index (χ4n) is 4.01. The van der Waals surface area contributed by atoms with Gasteiger partial charge in [0, 0.05) is 37.7 Å². The van der Waals surface area contributed by atoms with Crippen molar-refractivity contribution in [3.63, 3.8) is 0 Å². The SMILES string of the molecule is O=C(NCCN1C(=O)S/C(=C/c2ccccc2F)C1=O)C1CCN(S(=O)(=O)c2ccccc2F)CC1. The molecule has 36 heavy (non-hydrogen) atoms. The summed E-state index contributed by atoms with van der Waals surface area (Å²) in [7, 11) is -4.00. The van der Waals surface area contributed by atoms with Gasteiger partial charge >= 0.3 is 0 Å². The van der Waals surface area contributed by atoms with Crippen molar-refractivity contribution in [3.8, 4) is 0 Å². The van der Waals surface area contributed by atoms with Crippen LogP contribution in [0.3, 0.4) is 0 Å². The highest BCUT2D eigenvalue weighted by Gasteiger charge is 2.36. The summed E-state index contributed by atoms with van der Waals surface area (Å²) in [5.74, 6) is -2.66. The summed E-state index contributed by atoms with van der Waals surface area (Å²) in [4.78, 5) is 38.1. The van der Waals surface area contributed by atoms with E-state index < -0.39 is 43.6 Å². The lowest BCUT2D eigenvalue weighted by molar-refractivity contribution is -0.127. The Labute approximate surface area is 211 Å². The normalized spacial score (nSPS) is 18.7. The van der Waals surface area contributed by atoms with Gasteiger partial charge in [0.15, 0.2) is 0 Å².